The molecule has 0 aliphatic rings. The SMILES string of the molecule is CN(C)c1nnc(SCc2noc(-c3ccsc3)n2)s1. The van der Waals surface area contributed by atoms with Gasteiger partial charge in [-0.1, -0.05) is 28.3 Å². The lowest BCUT2D eigenvalue weighted by atomic mass is 10.3. The fourth-order valence-electron chi connectivity index (χ4n) is 1.38. The zero-order chi connectivity index (χ0) is 13.9. The number of anilines is 1. The number of thiophene rings is 1. The molecule has 0 fully saturated rings. The van der Waals surface area contributed by atoms with Crippen molar-refractivity contribution in [3.63, 3.8) is 0 Å². The third-order valence-corrected chi connectivity index (χ3v) is 5.24. The van der Waals surface area contributed by atoms with E-state index >= 15 is 0 Å². The van der Waals surface area contributed by atoms with Gasteiger partial charge in [0.15, 0.2) is 10.2 Å². The lowest BCUT2D eigenvalue weighted by molar-refractivity contribution is 0.425. The van der Waals surface area contributed by atoms with Gasteiger partial charge in [0, 0.05) is 19.5 Å². The van der Waals surface area contributed by atoms with Gasteiger partial charge in [0.2, 0.25) is 5.13 Å². The van der Waals surface area contributed by atoms with Crippen LogP contribution in [-0.2, 0) is 5.75 Å². The highest BCUT2D eigenvalue weighted by molar-refractivity contribution is 8.00. The summed E-state index contributed by atoms with van der Waals surface area (Å²) in [6.45, 7) is 0. The maximum atomic E-state index is 5.23. The van der Waals surface area contributed by atoms with Crippen LogP contribution in [0.25, 0.3) is 11.5 Å². The smallest absolute Gasteiger partial charge is 0.258 e. The Morgan fingerprint density at radius 1 is 1.35 bits per heavy atom. The monoisotopic (exact) mass is 325 g/mol. The molecule has 0 aliphatic heterocycles. The maximum Gasteiger partial charge on any atom is 0.258 e. The van der Waals surface area contributed by atoms with Crippen LogP contribution in [0.3, 0.4) is 0 Å². The molecule has 3 heterocycles. The fraction of sp³-hybridized carbons (Fsp3) is 0.273. The van der Waals surface area contributed by atoms with Crippen molar-refractivity contribution in [2.75, 3.05) is 19.0 Å². The number of hydrogen-bond acceptors (Lipinski definition) is 9. The standard InChI is InChI=1S/C11H11N5OS3/c1-16(2)10-13-14-11(20-10)19-6-8-12-9(17-15-8)7-3-4-18-5-7/h3-5H,6H2,1-2H3. The van der Waals surface area contributed by atoms with E-state index in [0.717, 1.165) is 15.0 Å². The van der Waals surface area contributed by atoms with Crippen molar-refractivity contribution in [2.24, 2.45) is 0 Å². The van der Waals surface area contributed by atoms with E-state index in [1.165, 1.54) is 0 Å². The predicted molar refractivity (Wildman–Crippen MR) is 81.4 cm³/mol. The maximum absolute atomic E-state index is 5.23. The largest absolute Gasteiger partial charge is 0.353 e. The van der Waals surface area contributed by atoms with Crippen molar-refractivity contribution in [2.45, 2.75) is 10.1 Å². The first-order valence-corrected chi connectivity index (χ1v) is 8.45. The molecule has 9 heteroatoms. The first-order chi connectivity index (χ1) is 9.72. The molecule has 0 spiro atoms. The molecule has 104 valence electrons. The molecule has 0 aliphatic carbocycles. The normalized spacial score (nSPS) is 10.9. The molecule has 3 rings (SSSR count). The summed E-state index contributed by atoms with van der Waals surface area (Å²) in [7, 11) is 3.89. The molecule has 6 nitrogen and oxygen atoms in total. The Hall–Kier alpha value is -1.45. The van der Waals surface area contributed by atoms with Gasteiger partial charge in [-0.3, -0.25) is 0 Å². The average molecular weight is 325 g/mol. The molecule has 3 aromatic rings. The van der Waals surface area contributed by atoms with Crippen molar-refractivity contribution in [1.29, 1.82) is 0 Å². The highest BCUT2D eigenvalue weighted by Crippen LogP contribution is 2.29. The minimum atomic E-state index is 0.563. The molecular formula is C11H11N5OS3. The van der Waals surface area contributed by atoms with Crippen molar-refractivity contribution in [3.8, 4) is 11.5 Å². The van der Waals surface area contributed by atoms with Crippen LogP contribution in [-0.4, -0.2) is 34.4 Å². The summed E-state index contributed by atoms with van der Waals surface area (Å²) in [6, 6.07) is 1.96. The summed E-state index contributed by atoms with van der Waals surface area (Å²) in [6.07, 6.45) is 0. The lowest BCUT2D eigenvalue weighted by Crippen LogP contribution is -2.07. The third-order valence-electron chi connectivity index (χ3n) is 2.34. The second kappa shape index (κ2) is 5.90. The third kappa shape index (κ3) is 3.00. The van der Waals surface area contributed by atoms with Crippen LogP contribution in [0.1, 0.15) is 5.82 Å². The summed E-state index contributed by atoms with van der Waals surface area (Å²) in [5, 5.41) is 17.0. The molecule has 0 radical (unpaired) electrons. The van der Waals surface area contributed by atoms with Gasteiger partial charge in [0.25, 0.3) is 5.89 Å². The van der Waals surface area contributed by atoms with E-state index < -0.39 is 0 Å². The van der Waals surface area contributed by atoms with Gasteiger partial charge in [-0.15, -0.1) is 10.2 Å². The van der Waals surface area contributed by atoms with Gasteiger partial charge in [-0.2, -0.15) is 16.3 Å². The highest BCUT2D eigenvalue weighted by Gasteiger charge is 2.11. The minimum Gasteiger partial charge on any atom is -0.353 e. The van der Waals surface area contributed by atoms with Gasteiger partial charge in [0.1, 0.15) is 0 Å². The molecule has 0 saturated carbocycles. The van der Waals surface area contributed by atoms with E-state index in [0.29, 0.717) is 17.5 Å². The van der Waals surface area contributed by atoms with E-state index in [9.17, 15) is 0 Å². The summed E-state index contributed by atoms with van der Waals surface area (Å²) in [5.41, 5.74) is 0.963. The van der Waals surface area contributed by atoms with E-state index in [-0.39, 0.29) is 0 Å². The molecular weight excluding hydrogens is 314 g/mol. The second-order valence-electron chi connectivity index (χ2n) is 4.06. The van der Waals surface area contributed by atoms with Crippen molar-refractivity contribution in [1.82, 2.24) is 20.3 Å². The second-order valence-corrected chi connectivity index (χ2v) is 7.02. The Kier molecular flexibility index (Phi) is 3.99. The Labute approximate surface area is 127 Å². The van der Waals surface area contributed by atoms with Gasteiger partial charge in [0.05, 0.1) is 11.3 Å². The van der Waals surface area contributed by atoms with Crippen LogP contribution in [0.4, 0.5) is 5.13 Å². The van der Waals surface area contributed by atoms with Crippen LogP contribution < -0.4 is 4.90 Å². The van der Waals surface area contributed by atoms with Crippen LogP contribution >= 0.6 is 34.4 Å². The summed E-state index contributed by atoms with van der Waals surface area (Å²) in [4.78, 5) is 6.30. The zero-order valence-corrected chi connectivity index (χ0v) is 13.3. The Balaban J connectivity index is 1.63. The number of thioether (sulfide) groups is 1. The number of rotatable bonds is 5. The van der Waals surface area contributed by atoms with Crippen molar-refractivity contribution >= 4 is 39.6 Å². The fourth-order valence-corrected chi connectivity index (χ4v) is 3.62. The number of hydrogen-bond donors (Lipinski definition) is 0. The van der Waals surface area contributed by atoms with Crippen molar-refractivity contribution in [3.05, 3.63) is 22.7 Å². The average Bonchev–Trinajstić information content (AvgIpc) is 3.17. The van der Waals surface area contributed by atoms with Crippen LogP contribution in [0.15, 0.2) is 25.7 Å². The molecule has 0 amide bonds. The summed E-state index contributed by atoms with van der Waals surface area (Å²) < 4.78 is 6.13. The lowest BCUT2D eigenvalue weighted by Gasteiger charge is -2.03. The quantitative estimate of drug-likeness (QED) is 0.668. The first-order valence-electron chi connectivity index (χ1n) is 5.71. The van der Waals surface area contributed by atoms with Crippen molar-refractivity contribution < 1.29 is 4.52 Å². The summed E-state index contributed by atoms with van der Waals surface area (Å²) in [5.74, 6) is 1.85. The van der Waals surface area contributed by atoms with E-state index in [1.807, 2.05) is 35.8 Å². The Morgan fingerprint density at radius 2 is 2.25 bits per heavy atom. The zero-order valence-electron chi connectivity index (χ0n) is 10.8. The molecule has 0 bridgehead atoms. The summed E-state index contributed by atoms with van der Waals surface area (Å²) >= 11 is 4.71. The molecule has 0 saturated heterocycles. The van der Waals surface area contributed by atoms with Gasteiger partial charge < -0.3 is 9.42 Å². The van der Waals surface area contributed by atoms with Gasteiger partial charge in [-0.05, 0) is 11.4 Å². The molecule has 0 atom stereocenters. The molecule has 0 unspecified atom stereocenters. The van der Waals surface area contributed by atoms with E-state index in [2.05, 4.69) is 20.3 Å². The molecule has 3 aromatic heterocycles. The molecule has 20 heavy (non-hydrogen) atoms. The van der Waals surface area contributed by atoms with E-state index in [4.69, 9.17) is 4.52 Å². The minimum absolute atomic E-state index is 0.563. The first kappa shape index (κ1) is 13.5. The van der Waals surface area contributed by atoms with Crippen LogP contribution in [0, 0.1) is 0 Å². The van der Waals surface area contributed by atoms with Crippen LogP contribution in [0.5, 0.6) is 0 Å². The Morgan fingerprint density at radius 3 is 2.95 bits per heavy atom. The topological polar surface area (TPSA) is 67.9 Å². The van der Waals surface area contributed by atoms with Crippen LogP contribution in [0.2, 0.25) is 0 Å². The highest BCUT2D eigenvalue weighted by atomic mass is 32.2. The Bertz CT molecular complexity index is 676. The molecule has 0 aromatic carbocycles. The molecule has 0 N–H and O–H groups in total. The number of nitrogens with zero attached hydrogens (tertiary/aromatic N) is 5. The van der Waals surface area contributed by atoms with Gasteiger partial charge in [-0.25, -0.2) is 0 Å². The van der Waals surface area contributed by atoms with Gasteiger partial charge >= 0.3 is 0 Å². The number of aromatic nitrogens is 4. The van der Waals surface area contributed by atoms with E-state index in [1.54, 1.807) is 34.4 Å². The predicted octanol–water partition coefficient (Wildman–Crippen LogP) is 3.01.